The van der Waals surface area contributed by atoms with Crippen LogP contribution >= 0.6 is 0 Å². The Kier molecular flexibility index (Phi) is 8.37. The predicted octanol–water partition coefficient (Wildman–Crippen LogP) is 0.420. The van der Waals surface area contributed by atoms with E-state index in [9.17, 15) is 13.2 Å². The van der Waals surface area contributed by atoms with Crippen LogP contribution in [0.2, 0.25) is 0 Å². The lowest BCUT2D eigenvalue weighted by atomic mass is 10.3. The summed E-state index contributed by atoms with van der Waals surface area (Å²) in [6, 6.07) is 0. The smallest absolute Gasteiger partial charge is 0.264 e. The standard InChI is InChI=1S/C4H7NO.C4H10O3S/c1-3(2)4(5)6;1-3-4-7-8(2,5)6/h1H2,2H3,(H2,5,6);3-4H2,1-2H3. The second-order valence-corrected chi connectivity index (χ2v) is 4.31. The first-order chi connectivity index (χ1) is 6.20. The van der Waals surface area contributed by atoms with Gasteiger partial charge in [-0.15, -0.1) is 0 Å². The van der Waals surface area contributed by atoms with E-state index in [0.29, 0.717) is 12.2 Å². The van der Waals surface area contributed by atoms with Gasteiger partial charge in [-0.3, -0.25) is 8.98 Å². The lowest BCUT2D eigenvalue weighted by Crippen LogP contribution is -2.10. The molecule has 0 aromatic rings. The average molecular weight is 223 g/mol. The van der Waals surface area contributed by atoms with E-state index in [4.69, 9.17) is 5.73 Å². The highest BCUT2D eigenvalue weighted by Crippen LogP contribution is 1.86. The van der Waals surface area contributed by atoms with Gasteiger partial charge in [-0.25, -0.2) is 0 Å². The van der Waals surface area contributed by atoms with Crippen LogP contribution in [0.25, 0.3) is 0 Å². The molecule has 1 amide bonds. The largest absolute Gasteiger partial charge is 0.366 e. The van der Waals surface area contributed by atoms with Crippen molar-refractivity contribution in [1.29, 1.82) is 0 Å². The van der Waals surface area contributed by atoms with Gasteiger partial charge in [0.25, 0.3) is 10.1 Å². The van der Waals surface area contributed by atoms with Gasteiger partial charge in [0.05, 0.1) is 12.9 Å². The molecule has 5 nitrogen and oxygen atoms in total. The lowest BCUT2D eigenvalue weighted by Gasteiger charge is -1.94. The number of primary amides is 1. The Bertz CT molecular complexity index is 270. The van der Waals surface area contributed by atoms with Crippen molar-refractivity contribution in [3.8, 4) is 0 Å². The molecule has 0 saturated carbocycles. The van der Waals surface area contributed by atoms with E-state index in [1.165, 1.54) is 0 Å². The maximum absolute atomic E-state index is 10.2. The molecule has 0 aliphatic carbocycles. The van der Waals surface area contributed by atoms with Gasteiger partial charge in [0.1, 0.15) is 0 Å². The minimum Gasteiger partial charge on any atom is -0.366 e. The summed E-state index contributed by atoms with van der Waals surface area (Å²) in [7, 11) is -3.19. The van der Waals surface area contributed by atoms with Crippen molar-refractivity contribution in [2.75, 3.05) is 12.9 Å². The van der Waals surface area contributed by atoms with Crippen LogP contribution in [0.3, 0.4) is 0 Å². The SMILES string of the molecule is C=C(C)C(N)=O.CCCOS(C)(=O)=O. The molecular weight excluding hydrogens is 206 g/mol. The van der Waals surface area contributed by atoms with Gasteiger partial charge in [0.2, 0.25) is 5.91 Å². The van der Waals surface area contributed by atoms with Gasteiger partial charge in [0, 0.05) is 5.57 Å². The zero-order valence-corrected chi connectivity index (χ0v) is 9.56. The van der Waals surface area contributed by atoms with E-state index in [2.05, 4.69) is 10.8 Å². The normalized spacial score (nSPS) is 9.93. The zero-order valence-electron chi connectivity index (χ0n) is 8.74. The van der Waals surface area contributed by atoms with Gasteiger partial charge >= 0.3 is 0 Å². The second kappa shape index (κ2) is 7.52. The molecule has 0 spiro atoms. The van der Waals surface area contributed by atoms with E-state index in [0.717, 1.165) is 12.7 Å². The van der Waals surface area contributed by atoms with Crippen LogP contribution in [0.15, 0.2) is 12.2 Å². The molecule has 0 aromatic carbocycles. The molecule has 0 bridgehead atoms. The molecule has 84 valence electrons. The van der Waals surface area contributed by atoms with Crippen LogP contribution < -0.4 is 5.73 Å². The van der Waals surface area contributed by atoms with Crippen molar-refractivity contribution < 1.29 is 17.4 Å². The second-order valence-electron chi connectivity index (χ2n) is 2.67. The molecule has 0 unspecified atom stereocenters. The van der Waals surface area contributed by atoms with Gasteiger partial charge in [-0.1, -0.05) is 13.5 Å². The Morgan fingerprint density at radius 1 is 1.50 bits per heavy atom. The molecule has 0 aliphatic rings. The molecule has 0 rings (SSSR count). The highest BCUT2D eigenvalue weighted by atomic mass is 32.2. The zero-order chi connectivity index (χ0) is 11.8. The molecule has 0 radical (unpaired) electrons. The third-order valence-electron chi connectivity index (χ3n) is 0.922. The van der Waals surface area contributed by atoms with Crippen molar-refractivity contribution >= 4 is 16.0 Å². The summed E-state index contributed by atoms with van der Waals surface area (Å²) in [5, 5.41) is 0. The lowest BCUT2D eigenvalue weighted by molar-refractivity contribution is -0.114. The number of hydrogen-bond acceptors (Lipinski definition) is 4. The van der Waals surface area contributed by atoms with Gasteiger partial charge < -0.3 is 5.73 Å². The minimum absolute atomic E-state index is 0.291. The first-order valence-corrected chi connectivity index (χ1v) is 5.82. The number of amides is 1. The monoisotopic (exact) mass is 223 g/mol. The Morgan fingerprint density at radius 2 is 1.86 bits per heavy atom. The third-order valence-corrected chi connectivity index (χ3v) is 1.52. The Balaban J connectivity index is 0. The Morgan fingerprint density at radius 3 is 1.93 bits per heavy atom. The average Bonchev–Trinajstić information content (AvgIpc) is 2.00. The summed E-state index contributed by atoms with van der Waals surface area (Å²) in [5.41, 5.74) is 5.09. The maximum Gasteiger partial charge on any atom is 0.264 e. The van der Waals surface area contributed by atoms with E-state index in [-0.39, 0.29) is 0 Å². The van der Waals surface area contributed by atoms with E-state index >= 15 is 0 Å². The molecule has 0 heterocycles. The van der Waals surface area contributed by atoms with Gasteiger partial charge in [-0.05, 0) is 13.3 Å². The van der Waals surface area contributed by atoms with Crippen LogP contribution in [0.1, 0.15) is 20.3 Å². The maximum atomic E-state index is 10.2. The van der Waals surface area contributed by atoms with Crippen LogP contribution in [-0.4, -0.2) is 27.2 Å². The molecule has 0 aliphatic heterocycles. The molecule has 2 N–H and O–H groups in total. The summed E-state index contributed by atoms with van der Waals surface area (Å²) in [5.74, 6) is -0.435. The third kappa shape index (κ3) is 17.3. The number of nitrogens with two attached hydrogens (primary N) is 1. The highest BCUT2D eigenvalue weighted by molar-refractivity contribution is 7.85. The summed E-state index contributed by atoms with van der Waals surface area (Å²) >= 11 is 0. The van der Waals surface area contributed by atoms with Crippen molar-refractivity contribution in [1.82, 2.24) is 0 Å². The van der Waals surface area contributed by atoms with E-state index < -0.39 is 16.0 Å². The molecule has 0 saturated heterocycles. The number of rotatable bonds is 4. The fourth-order valence-electron chi connectivity index (χ4n) is 0.235. The minimum atomic E-state index is -3.19. The number of carbonyl (C=O) groups excluding carboxylic acids is 1. The predicted molar refractivity (Wildman–Crippen MR) is 55.1 cm³/mol. The molecule has 0 atom stereocenters. The summed E-state index contributed by atoms with van der Waals surface area (Å²) < 4.78 is 24.7. The summed E-state index contributed by atoms with van der Waals surface area (Å²) in [6.45, 7) is 6.99. The fourth-order valence-corrected chi connectivity index (χ4v) is 0.704. The molecule has 6 heteroatoms. The van der Waals surface area contributed by atoms with Crippen LogP contribution in [0.5, 0.6) is 0 Å². The van der Waals surface area contributed by atoms with Crippen LogP contribution in [-0.2, 0) is 19.1 Å². The van der Waals surface area contributed by atoms with Crippen molar-refractivity contribution in [2.24, 2.45) is 5.73 Å². The highest BCUT2D eigenvalue weighted by Gasteiger charge is 1.96. The van der Waals surface area contributed by atoms with Crippen LogP contribution in [0, 0.1) is 0 Å². The fraction of sp³-hybridized carbons (Fsp3) is 0.625. The van der Waals surface area contributed by atoms with E-state index in [1.807, 2.05) is 6.92 Å². The summed E-state index contributed by atoms with van der Waals surface area (Å²) in [4.78, 5) is 9.82. The molecule has 14 heavy (non-hydrogen) atoms. The Labute approximate surface area is 85.1 Å². The van der Waals surface area contributed by atoms with Crippen molar-refractivity contribution in [3.05, 3.63) is 12.2 Å². The van der Waals surface area contributed by atoms with E-state index in [1.54, 1.807) is 6.92 Å². The van der Waals surface area contributed by atoms with Crippen molar-refractivity contribution in [3.63, 3.8) is 0 Å². The van der Waals surface area contributed by atoms with Crippen LogP contribution in [0.4, 0.5) is 0 Å². The van der Waals surface area contributed by atoms with Gasteiger partial charge in [-0.2, -0.15) is 8.42 Å². The molecule has 0 aromatic heterocycles. The topological polar surface area (TPSA) is 86.5 Å². The first-order valence-electron chi connectivity index (χ1n) is 4.00. The first kappa shape index (κ1) is 15.6. The van der Waals surface area contributed by atoms with Gasteiger partial charge in [0.15, 0.2) is 0 Å². The molecule has 0 fully saturated rings. The number of hydrogen-bond donors (Lipinski definition) is 1. The quantitative estimate of drug-likeness (QED) is 0.552. The summed E-state index contributed by atoms with van der Waals surface area (Å²) in [6.07, 6.45) is 1.77. The van der Waals surface area contributed by atoms with Crippen molar-refractivity contribution in [2.45, 2.75) is 20.3 Å². The Hall–Kier alpha value is -0.880. The molecular formula is C8H17NO4S. The number of carbonyl (C=O) groups is 1.